The van der Waals surface area contributed by atoms with Crippen LogP contribution in [0.2, 0.25) is 0 Å². The smallest absolute Gasteiger partial charge is 0.204 e. The second-order valence-electron chi connectivity index (χ2n) is 2.49. The predicted molar refractivity (Wildman–Crippen MR) is 57.7 cm³/mol. The second-order valence-corrected chi connectivity index (χ2v) is 5.53. The summed E-state index contributed by atoms with van der Waals surface area (Å²) in [4.78, 5) is 0.0723. The van der Waals surface area contributed by atoms with Crippen LogP contribution >= 0.6 is 23.6 Å². The second kappa shape index (κ2) is 5.70. The third kappa shape index (κ3) is 3.38. The maximum absolute atomic E-state index is 11.3. The van der Waals surface area contributed by atoms with E-state index in [1.165, 1.54) is 12.1 Å². The number of nitrogens with zero attached hydrogens (tertiary/aromatic N) is 1. The van der Waals surface area contributed by atoms with Crippen molar-refractivity contribution < 1.29 is 8.42 Å². The number of halogens is 2. The zero-order valence-electron chi connectivity index (χ0n) is 7.74. The van der Waals surface area contributed by atoms with Gasteiger partial charge in [0.15, 0.2) is 0 Å². The number of hydrogen-bond donors (Lipinski definition) is 0. The van der Waals surface area contributed by atoms with Crippen LogP contribution in [0.5, 0.6) is 0 Å². The van der Waals surface area contributed by atoms with Crippen LogP contribution in [-0.4, -0.2) is 41.3 Å². The molecule has 1 rings (SSSR count). The molecule has 1 aromatic rings. The van der Waals surface area contributed by atoms with Crippen molar-refractivity contribution in [1.29, 1.82) is 0 Å². The predicted octanol–water partition coefficient (Wildman–Crippen LogP) is 1.91. The summed E-state index contributed by atoms with van der Waals surface area (Å²) in [5, 5.41) is 0. The Morgan fingerprint density at radius 1 is 1.14 bits per heavy atom. The average Bonchev–Trinajstić information content (AvgIpc) is 2.04. The molecular formula is C7H7Cl2NNaO2S. The Labute approximate surface area is 116 Å². The number of sulfonamides is 1. The Kier molecular flexibility index (Phi) is 5.99. The molecule has 0 aliphatic rings. The quantitative estimate of drug-likeness (QED) is 0.603. The molecule has 0 fully saturated rings. The van der Waals surface area contributed by atoms with Gasteiger partial charge in [-0.25, -0.2) is 8.42 Å². The van der Waals surface area contributed by atoms with Crippen LogP contribution in [-0.2, 0) is 10.0 Å². The van der Waals surface area contributed by atoms with Crippen molar-refractivity contribution in [3.05, 3.63) is 29.8 Å². The normalized spacial score (nSPS) is 11.1. The fourth-order valence-corrected chi connectivity index (χ4v) is 1.91. The molecule has 0 spiro atoms. The van der Waals surface area contributed by atoms with E-state index in [9.17, 15) is 8.42 Å². The van der Waals surface area contributed by atoms with Gasteiger partial charge in [-0.2, -0.15) is 0 Å². The molecule has 0 atom stereocenters. The minimum Gasteiger partial charge on any atom is -0.204 e. The molecule has 1 aromatic carbocycles. The largest absolute Gasteiger partial charge is 0.270 e. The van der Waals surface area contributed by atoms with Crippen LogP contribution in [0, 0.1) is 6.92 Å². The summed E-state index contributed by atoms with van der Waals surface area (Å²) in [6, 6.07) is 6.24. The van der Waals surface area contributed by atoms with E-state index in [4.69, 9.17) is 23.6 Å². The topological polar surface area (TPSA) is 37.4 Å². The molecule has 0 aromatic heterocycles. The zero-order valence-corrected chi connectivity index (χ0v) is 12.1. The van der Waals surface area contributed by atoms with E-state index in [1.807, 2.05) is 6.92 Å². The van der Waals surface area contributed by atoms with Crippen molar-refractivity contribution in [3.63, 3.8) is 0 Å². The van der Waals surface area contributed by atoms with Crippen LogP contribution in [0.25, 0.3) is 0 Å². The van der Waals surface area contributed by atoms with Gasteiger partial charge in [0.25, 0.3) is 10.0 Å². The molecule has 0 saturated carbocycles. The van der Waals surface area contributed by atoms with Crippen LogP contribution in [0.1, 0.15) is 5.56 Å². The molecule has 7 heteroatoms. The molecular weight excluding hydrogens is 256 g/mol. The van der Waals surface area contributed by atoms with E-state index in [0.717, 1.165) is 5.56 Å². The van der Waals surface area contributed by atoms with Gasteiger partial charge < -0.3 is 0 Å². The maximum atomic E-state index is 11.3. The van der Waals surface area contributed by atoms with Gasteiger partial charge in [-0.1, -0.05) is 17.7 Å². The molecule has 0 bridgehead atoms. The molecule has 0 aliphatic carbocycles. The van der Waals surface area contributed by atoms with Gasteiger partial charge in [0.2, 0.25) is 0 Å². The minimum absolute atomic E-state index is 0. The van der Waals surface area contributed by atoms with Gasteiger partial charge in [0.1, 0.15) is 0 Å². The molecule has 1 radical (unpaired) electrons. The summed E-state index contributed by atoms with van der Waals surface area (Å²) in [6.45, 7) is 1.86. The summed E-state index contributed by atoms with van der Waals surface area (Å²) >= 11 is 10.3. The molecule has 73 valence electrons. The first kappa shape index (κ1) is 14.7. The number of rotatable bonds is 2. The van der Waals surface area contributed by atoms with E-state index in [1.54, 1.807) is 12.1 Å². The summed E-state index contributed by atoms with van der Waals surface area (Å²) in [6.07, 6.45) is 0. The van der Waals surface area contributed by atoms with Crippen LogP contribution in [0.4, 0.5) is 0 Å². The van der Waals surface area contributed by atoms with Crippen molar-refractivity contribution in [2.45, 2.75) is 11.8 Å². The molecule has 0 saturated heterocycles. The summed E-state index contributed by atoms with van der Waals surface area (Å²) < 4.78 is 22.8. The molecule has 0 N–H and O–H groups in total. The standard InChI is InChI=1S/C7H7Cl2NO2S.Na/c1-6-2-4-7(5-3-6)13(11,12)10(8)9;/h2-5H,1H3;. The molecule has 0 aliphatic heterocycles. The van der Waals surface area contributed by atoms with Crippen LogP contribution < -0.4 is 0 Å². The Bertz CT molecular complexity index is 391. The van der Waals surface area contributed by atoms with E-state index in [2.05, 4.69) is 0 Å². The average molecular weight is 263 g/mol. The van der Waals surface area contributed by atoms with Crippen molar-refractivity contribution in [2.24, 2.45) is 0 Å². The fraction of sp³-hybridized carbons (Fsp3) is 0.143. The Balaban J connectivity index is 0.00000169. The summed E-state index contributed by atoms with van der Waals surface area (Å²) in [5.74, 6) is 0. The van der Waals surface area contributed by atoms with E-state index in [-0.39, 0.29) is 37.8 Å². The molecule has 0 heterocycles. The van der Waals surface area contributed by atoms with Crippen LogP contribution in [0.3, 0.4) is 0 Å². The monoisotopic (exact) mass is 262 g/mol. The minimum atomic E-state index is -3.73. The maximum Gasteiger partial charge on any atom is 0.270 e. The van der Waals surface area contributed by atoms with Crippen molar-refractivity contribution in [2.75, 3.05) is 0 Å². The van der Waals surface area contributed by atoms with Crippen LogP contribution in [0.15, 0.2) is 29.2 Å². The van der Waals surface area contributed by atoms with Gasteiger partial charge >= 0.3 is 0 Å². The van der Waals surface area contributed by atoms with Gasteiger partial charge in [-0.15, -0.1) is 0 Å². The summed E-state index contributed by atoms with van der Waals surface area (Å²) in [7, 11) is -3.73. The van der Waals surface area contributed by atoms with E-state index in [0.29, 0.717) is 0 Å². The summed E-state index contributed by atoms with van der Waals surface area (Å²) in [5.41, 5.74) is 0.967. The SMILES string of the molecule is Cc1ccc(S(=O)(=O)N(Cl)Cl)cc1.[Na]. The first-order valence-electron chi connectivity index (χ1n) is 3.38. The molecule has 3 nitrogen and oxygen atoms in total. The molecule has 0 unspecified atom stereocenters. The number of benzene rings is 1. The number of aryl methyl sites for hydroxylation is 1. The van der Waals surface area contributed by atoms with E-state index >= 15 is 0 Å². The van der Waals surface area contributed by atoms with Crippen molar-refractivity contribution >= 4 is 63.1 Å². The first-order chi connectivity index (χ1) is 5.94. The Hall–Kier alpha value is 0.710. The number of hydrogen-bond acceptors (Lipinski definition) is 2. The first-order valence-corrected chi connectivity index (χ1v) is 5.50. The van der Waals surface area contributed by atoms with Gasteiger partial charge in [0, 0.05) is 53.1 Å². The Morgan fingerprint density at radius 2 is 1.57 bits per heavy atom. The fourth-order valence-electron chi connectivity index (χ4n) is 0.790. The van der Waals surface area contributed by atoms with Gasteiger partial charge in [0.05, 0.1) is 4.90 Å². The molecule has 0 amide bonds. The molecule has 14 heavy (non-hydrogen) atoms. The zero-order chi connectivity index (χ0) is 10.1. The third-order valence-electron chi connectivity index (χ3n) is 1.50. The van der Waals surface area contributed by atoms with Crippen molar-refractivity contribution in [1.82, 2.24) is 3.34 Å². The van der Waals surface area contributed by atoms with Gasteiger partial charge in [-0.05, 0) is 22.4 Å². The Morgan fingerprint density at radius 3 is 1.93 bits per heavy atom. The van der Waals surface area contributed by atoms with Gasteiger partial charge in [-0.3, -0.25) is 0 Å². The third-order valence-corrected chi connectivity index (χ3v) is 3.82. The van der Waals surface area contributed by atoms with E-state index < -0.39 is 10.0 Å². The van der Waals surface area contributed by atoms with Crippen molar-refractivity contribution in [3.8, 4) is 0 Å².